The van der Waals surface area contributed by atoms with Gasteiger partial charge >= 0.3 is 0 Å². The van der Waals surface area contributed by atoms with Crippen LogP contribution in [0.1, 0.15) is 29.0 Å². The fraction of sp³-hybridized carbons (Fsp3) is 0.286. The number of hydrogen-bond donors (Lipinski definition) is 2. The molecule has 1 saturated carbocycles. The molecule has 4 rings (SSSR count). The lowest BCUT2D eigenvalue weighted by Gasteiger charge is -2.29. The Labute approximate surface area is 151 Å². The van der Waals surface area contributed by atoms with Crippen LogP contribution in [0.15, 0.2) is 59.0 Å². The number of rotatable bonds is 6. The monoisotopic (exact) mass is 351 g/mol. The molecule has 1 aliphatic rings. The first-order chi connectivity index (χ1) is 12.6. The molecule has 1 fully saturated rings. The molecule has 3 aromatic rings. The van der Waals surface area contributed by atoms with Crippen molar-refractivity contribution < 1.29 is 19.1 Å². The number of carbonyl (C=O) groups excluding carboxylic acids is 1. The molecule has 0 radical (unpaired) electrons. The van der Waals surface area contributed by atoms with E-state index in [0.29, 0.717) is 11.3 Å². The summed E-state index contributed by atoms with van der Waals surface area (Å²) in [7, 11) is 1.56. The lowest BCUT2D eigenvalue weighted by molar-refractivity contribution is 0.0132. The first-order valence-electron chi connectivity index (χ1n) is 8.74. The molecule has 5 heteroatoms. The summed E-state index contributed by atoms with van der Waals surface area (Å²) in [6, 6.07) is 16.7. The van der Waals surface area contributed by atoms with Crippen LogP contribution in [0.4, 0.5) is 0 Å². The quantitative estimate of drug-likeness (QED) is 0.713. The number of carbonyl (C=O) groups is 1. The number of nitrogens with one attached hydrogen (secondary N) is 1. The number of hydrogen-bond acceptors (Lipinski definition) is 4. The van der Waals surface area contributed by atoms with E-state index in [1.54, 1.807) is 19.2 Å². The van der Waals surface area contributed by atoms with Crippen LogP contribution in [0, 0.1) is 5.92 Å². The summed E-state index contributed by atoms with van der Waals surface area (Å²) >= 11 is 0. The van der Waals surface area contributed by atoms with Crippen molar-refractivity contribution in [3.8, 4) is 5.75 Å². The topological polar surface area (TPSA) is 71.7 Å². The summed E-state index contributed by atoms with van der Waals surface area (Å²) in [5.74, 6) is 0.607. The van der Waals surface area contributed by atoms with Gasteiger partial charge in [-0.2, -0.15) is 0 Å². The molecule has 5 nitrogen and oxygen atoms in total. The van der Waals surface area contributed by atoms with E-state index >= 15 is 0 Å². The molecular weight excluding hydrogens is 330 g/mol. The van der Waals surface area contributed by atoms with Crippen molar-refractivity contribution in [1.82, 2.24) is 5.32 Å². The summed E-state index contributed by atoms with van der Waals surface area (Å²) in [5, 5.41) is 14.8. The second-order valence-electron chi connectivity index (χ2n) is 6.74. The molecule has 134 valence electrons. The van der Waals surface area contributed by atoms with Crippen molar-refractivity contribution in [1.29, 1.82) is 0 Å². The Hall–Kier alpha value is -2.79. The smallest absolute Gasteiger partial charge is 0.287 e. The van der Waals surface area contributed by atoms with Crippen LogP contribution >= 0.6 is 0 Å². The molecule has 0 saturated heterocycles. The molecule has 26 heavy (non-hydrogen) atoms. The highest BCUT2D eigenvalue weighted by molar-refractivity contribution is 5.97. The Morgan fingerprint density at radius 1 is 1.23 bits per heavy atom. The highest BCUT2D eigenvalue weighted by atomic mass is 16.5. The largest absolute Gasteiger partial charge is 0.493 e. The number of ether oxygens (including phenoxy) is 1. The van der Waals surface area contributed by atoms with E-state index in [0.717, 1.165) is 23.8 Å². The van der Waals surface area contributed by atoms with E-state index < -0.39 is 5.60 Å². The van der Waals surface area contributed by atoms with E-state index in [1.165, 1.54) is 0 Å². The molecule has 0 bridgehead atoms. The molecule has 1 aromatic heterocycles. The third kappa shape index (κ3) is 2.95. The minimum Gasteiger partial charge on any atom is -0.493 e. The maximum absolute atomic E-state index is 12.6. The number of amides is 1. The Morgan fingerprint density at radius 3 is 2.69 bits per heavy atom. The fourth-order valence-corrected chi connectivity index (χ4v) is 3.38. The van der Waals surface area contributed by atoms with Crippen LogP contribution in [0.25, 0.3) is 11.0 Å². The number of para-hydroxylation sites is 1. The Bertz CT molecular complexity index is 930. The second-order valence-corrected chi connectivity index (χ2v) is 6.74. The molecular formula is C21H21NO4. The zero-order valence-electron chi connectivity index (χ0n) is 14.6. The van der Waals surface area contributed by atoms with Crippen LogP contribution in [0.5, 0.6) is 5.75 Å². The first-order valence-corrected chi connectivity index (χ1v) is 8.74. The third-order valence-electron chi connectivity index (χ3n) is 5.00. The zero-order chi connectivity index (χ0) is 18.1. The van der Waals surface area contributed by atoms with E-state index in [9.17, 15) is 9.90 Å². The van der Waals surface area contributed by atoms with Crippen LogP contribution in [0.2, 0.25) is 0 Å². The van der Waals surface area contributed by atoms with E-state index in [4.69, 9.17) is 9.15 Å². The Morgan fingerprint density at radius 2 is 2.00 bits per heavy atom. The van der Waals surface area contributed by atoms with Gasteiger partial charge in [0.2, 0.25) is 0 Å². The predicted molar refractivity (Wildman–Crippen MR) is 98.2 cm³/mol. The number of benzene rings is 2. The molecule has 2 N–H and O–H groups in total. The van der Waals surface area contributed by atoms with Crippen molar-refractivity contribution in [2.24, 2.45) is 5.92 Å². The SMILES string of the molecule is COc1cccc2cc(C(=O)NC[C@](O)(c3ccccc3)C3CC3)oc12. The van der Waals surface area contributed by atoms with Gasteiger partial charge in [-0.1, -0.05) is 42.5 Å². The normalized spacial score (nSPS) is 16.2. The first kappa shape index (κ1) is 16.7. The molecule has 0 aliphatic heterocycles. The summed E-state index contributed by atoms with van der Waals surface area (Å²) in [5.41, 5.74) is 0.315. The van der Waals surface area contributed by atoms with E-state index in [2.05, 4.69) is 5.32 Å². The van der Waals surface area contributed by atoms with Crippen LogP contribution in [-0.2, 0) is 5.60 Å². The molecule has 1 heterocycles. The number of methoxy groups -OCH3 is 1. The minimum absolute atomic E-state index is 0.148. The molecule has 1 amide bonds. The van der Waals surface area contributed by atoms with Gasteiger partial charge < -0.3 is 19.6 Å². The summed E-state index contributed by atoms with van der Waals surface area (Å²) in [6.07, 6.45) is 1.92. The lowest BCUT2D eigenvalue weighted by Crippen LogP contribution is -2.42. The Kier molecular flexibility index (Phi) is 4.17. The minimum atomic E-state index is -1.05. The van der Waals surface area contributed by atoms with Crippen molar-refractivity contribution in [3.05, 3.63) is 65.9 Å². The molecule has 1 aliphatic carbocycles. The van der Waals surface area contributed by atoms with Gasteiger partial charge in [0.15, 0.2) is 17.1 Å². The standard InChI is InChI=1S/C21H21NO4/c1-25-17-9-5-6-14-12-18(26-19(14)17)20(23)22-13-21(24,16-10-11-16)15-7-3-2-4-8-15/h2-9,12,16,24H,10-11,13H2,1H3,(H,22,23)/t21-/m0/s1. The molecule has 1 atom stereocenters. The zero-order valence-corrected chi connectivity index (χ0v) is 14.6. The molecule has 0 spiro atoms. The Balaban J connectivity index is 1.54. The summed E-state index contributed by atoms with van der Waals surface area (Å²) < 4.78 is 10.9. The number of aliphatic hydroxyl groups is 1. The van der Waals surface area contributed by atoms with E-state index in [1.807, 2.05) is 42.5 Å². The molecule has 0 unspecified atom stereocenters. The third-order valence-corrected chi connectivity index (χ3v) is 5.00. The van der Waals surface area contributed by atoms with Gasteiger partial charge in [0.05, 0.1) is 13.7 Å². The van der Waals surface area contributed by atoms with Gasteiger partial charge in [-0.15, -0.1) is 0 Å². The van der Waals surface area contributed by atoms with Gasteiger partial charge in [0, 0.05) is 5.39 Å². The second kappa shape index (κ2) is 6.50. The van der Waals surface area contributed by atoms with Gasteiger partial charge in [-0.05, 0) is 36.5 Å². The van der Waals surface area contributed by atoms with Gasteiger partial charge in [0.1, 0.15) is 5.60 Å². The molecule has 2 aromatic carbocycles. The average molecular weight is 351 g/mol. The van der Waals surface area contributed by atoms with Crippen molar-refractivity contribution in [2.75, 3.05) is 13.7 Å². The van der Waals surface area contributed by atoms with Crippen LogP contribution < -0.4 is 10.1 Å². The van der Waals surface area contributed by atoms with Crippen LogP contribution in [0.3, 0.4) is 0 Å². The maximum Gasteiger partial charge on any atom is 0.287 e. The number of fused-ring (bicyclic) bond motifs is 1. The maximum atomic E-state index is 12.6. The average Bonchev–Trinajstić information content (AvgIpc) is 3.45. The van der Waals surface area contributed by atoms with Crippen molar-refractivity contribution in [3.63, 3.8) is 0 Å². The van der Waals surface area contributed by atoms with Crippen LogP contribution in [-0.4, -0.2) is 24.7 Å². The summed E-state index contributed by atoms with van der Waals surface area (Å²) in [6.45, 7) is 0.148. The van der Waals surface area contributed by atoms with Crippen molar-refractivity contribution in [2.45, 2.75) is 18.4 Å². The number of furan rings is 1. The predicted octanol–water partition coefficient (Wildman–Crippen LogP) is 3.47. The van der Waals surface area contributed by atoms with Gasteiger partial charge in [0.25, 0.3) is 5.91 Å². The highest BCUT2D eigenvalue weighted by Crippen LogP contribution is 2.45. The van der Waals surface area contributed by atoms with Crippen molar-refractivity contribution >= 4 is 16.9 Å². The summed E-state index contributed by atoms with van der Waals surface area (Å²) in [4.78, 5) is 12.6. The fourth-order valence-electron chi connectivity index (χ4n) is 3.38. The van der Waals surface area contributed by atoms with E-state index in [-0.39, 0.29) is 24.1 Å². The van der Waals surface area contributed by atoms with Gasteiger partial charge in [-0.3, -0.25) is 4.79 Å². The highest BCUT2D eigenvalue weighted by Gasteiger charge is 2.45. The lowest BCUT2D eigenvalue weighted by atomic mass is 9.88. The van der Waals surface area contributed by atoms with Gasteiger partial charge in [-0.25, -0.2) is 0 Å².